The Balaban J connectivity index is 1.12. The van der Waals surface area contributed by atoms with Gasteiger partial charge in [0.1, 0.15) is 43.9 Å². The Morgan fingerprint density at radius 2 is 1.87 bits per heavy atom. The van der Waals surface area contributed by atoms with E-state index in [2.05, 4.69) is 37.3 Å². The number of piperazine rings is 1. The second-order valence-electron chi connectivity index (χ2n) is 11.0. The number of epoxide rings is 1. The number of ether oxygens (including phenoxy) is 2. The summed E-state index contributed by atoms with van der Waals surface area (Å²) < 4.78 is 12.1. The van der Waals surface area contributed by atoms with E-state index in [1.807, 2.05) is 0 Å². The van der Waals surface area contributed by atoms with Crippen molar-refractivity contribution in [3.05, 3.63) is 30.3 Å². The molecule has 0 unspecified atom stereocenters. The summed E-state index contributed by atoms with van der Waals surface area (Å²) in [6.07, 6.45) is 6.08. The molecule has 1 aromatic carbocycles. The van der Waals surface area contributed by atoms with Gasteiger partial charge in [-0.15, -0.1) is 0 Å². The monoisotopic (exact) mass is 412 g/mol. The predicted molar refractivity (Wildman–Crippen MR) is 113 cm³/mol. The summed E-state index contributed by atoms with van der Waals surface area (Å²) in [5, 5.41) is 0. The summed E-state index contributed by atoms with van der Waals surface area (Å²) in [5.41, 5.74) is 1.84. The van der Waals surface area contributed by atoms with Crippen molar-refractivity contribution in [2.24, 2.45) is 23.2 Å². The fourth-order valence-electron chi connectivity index (χ4n) is 7.57. The lowest BCUT2D eigenvalue weighted by Crippen LogP contribution is -3.26. The number of rotatable bonds is 3. The van der Waals surface area contributed by atoms with Crippen molar-refractivity contribution in [2.75, 3.05) is 39.3 Å². The molecule has 3 heterocycles. The normalized spacial score (nSPS) is 47.4. The second-order valence-corrected chi connectivity index (χ2v) is 11.0. The van der Waals surface area contributed by atoms with Crippen molar-refractivity contribution in [2.45, 2.75) is 50.7 Å². The number of benzene rings is 1. The van der Waals surface area contributed by atoms with Gasteiger partial charge >= 0.3 is 5.97 Å². The molecule has 0 bridgehead atoms. The lowest BCUT2D eigenvalue weighted by molar-refractivity contribution is -0.987. The molecule has 5 heteroatoms. The van der Waals surface area contributed by atoms with Crippen LogP contribution in [0.2, 0.25) is 0 Å². The number of hydrogen-bond acceptors (Lipinski definition) is 3. The average Bonchev–Trinajstić information content (AvgIpc) is 3.46. The van der Waals surface area contributed by atoms with Crippen LogP contribution >= 0.6 is 0 Å². The highest BCUT2D eigenvalue weighted by molar-refractivity contribution is 5.75. The van der Waals surface area contributed by atoms with Gasteiger partial charge in [-0.3, -0.25) is 9.69 Å². The molecule has 2 aliphatic carbocycles. The Morgan fingerprint density at radius 1 is 1.10 bits per heavy atom. The van der Waals surface area contributed by atoms with E-state index in [1.165, 1.54) is 24.9 Å². The van der Waals surface area contributed by atoms with Crippen LogP contribution in [0.3, 0.4) is 0 Å². The van der Waals surface area contributed by atoms with Gasteiger partial charge in [-0.25, -0.2) is 0 Å². The summed E-state index contributed by atoms with van der Waals surface area (Å²) in [4.78, 5) is 16.1. The summed E-state index contributed by atoms with van der Waals surface area (Å²) in [6, 6.07) is 10.8. The lowest BCUT2D eigenvalue weighted by atomic mass is 9.53. The van der Waals surface area contributed by atoms with Gasteiger partial charge in [-0.05, 0) is 55.6 Å². The van der Waals surface area contributed by atoms with Gasteiger partial charge in [0.05, 0.1) is 18.8 Å². The van der Waals surface area contributed by atoms with E-state index in [0.717, 1.165) is 52.2 Å². The number of fused-ring (bicyclic) bond motifs is 3. The fourth-order valence-corrected chi connectivity index (χ4v) is 7.57. The van der Waals surface area contributed by atoms with Gasteiger partial charge in [-0.1, -0.05) is 25.1 Å². The number of nitrogens with one attached hydrogen (secondary N) is 2. The minimum Gasteiger partial charge on any atom is -0.462 e. The third kappa shape index (κ3) is 3.12. The zero-order chi connectivity index (χ0) is 20.3. The van der Waals surface area contributed by atoms with Crippen molar-refractivity contribution in [3.63, 3.8) is 0 Å². The van der Waals surface area contributed by atoms with E-state index >= 15 is 0 Å². The first-order valence-corrected chi connectivity index (χ1v) is 12.1. The molecule has 0 radical (unpaired) electrons. The molecule has 3 aliphatic heterocycles. The maximum atomic E-state index is 12.9. The van der Waals surface area contributed by atoms with Crippen LogP contribution < -0.4 is 9.80 Å². The van der Waals surface area contributed by atoms with Crippen molar-refractivity contribution in [1.82, 2.24) is 0 Å². The molecule has 2 saturated carbocycles. The zero-order valence-electron chi connectivity index (χ0n) is 18.2. The Bertz CT molecular complexity index is 802. The molecule has 3 saturated heterocycles. The molecule has 5 fully saturated rings. The minimum atomic E-state index is 0.0864. The van der Waals surface area contributed by atoms with Crippen LogP contribution in [0.1, 0.15) is 39.0 Å². The van der Waals surface area contributed by atoms with Crippen LogP contribution in [0.15, 0.2) is 30.3 Å². The van der Waals surface area contributed by atoms with Crippen LogP contribution in [0.4, 0.5) is 5.69 Å². The SMILES string of the molecule is C[C@]12CCC[C@]3(CO3)[C@H]1C[C@H]1[C@@H](C2)OC(=O)[C@@H]1C[NH+]1CC[NH+](c2ccccc2)CC1. The molecule has 30 heavy (non-hydrogen) atoms. The van der Waals surface area contributed by atoms with E-state index in [4.69, 9.17) is 9.47 Å². The Hall–Kier alpha value is -1.43. The first-order valence-electron chi connectivity index (χ1n) is 12.1. The number of para-hydroxylation sites is 1. The zero-order valence-corrected chi connectivity index (χ0v) is 18.2. The van der Waals surface area contributed by atoms with Gasteiger partial charge < -0.3 is 14.4 Å². The van der Waals surface area contributed by atoms with Crippen LogP contribution in [0.25, 0.3) is 0 Å². The number of carbonyl (C=O) groups is 1. The second kappa shape index (κ2) is 7.04. The smallest absolute Gasteiger partial charge is 0.315 e. The highest BCUT2D eigenvalue weighted by atomic mass is 16.6. The maximum Gasteiger partial charge on any atom is 0.315 e. The summed E-state index contributed by atoms with van der Waals surface area (Å²) in [6.45, 7) is 8.91. The quantitative estimate of drug-likeness (QED) is 0.566. The topological polar surface area (TPSA) is 47.7 Å². The molecule has 5 aliphatic rings. The summed E-state index contributed by atoms with van der Waals surface area (Å²) >= 11 is 0. The molecule has 0 amide bonds. The van der Waals surface area contributed by atoms with Crippen molar-refractivity contribution in [1.29, 1.82) is 0 Å². The molecule has 162 valence electrons. The Morgan fingerprint density at radius 3 is 2.60 bits per heavy atom. The summed E-state index contributed by atoms with van der Waals surface area (Å²) in [5.74, 6) is 1.20. The van der Waals surface area contributed by atoms with E-state index in [0.29, 0.717) is 17.3 Å². The maximum absolute atomic E-state index is 12.9. The first-order chi connectivity index (χ1) is 14.6. The molecular formula is C25H36N2O3+2. The minimum absolute atomic E-state index is 0.0864. The fraction of sp³-hybridized carbons (Fsp3) is 0.720. The summed E-state index contributed by atoms with van der Waals surface area (Å²) in [7, 11) is 0. The average molecular weight is 413 g/mol. The molecule has 6 rings (SSSR count). The number of hydrogen-bond donors (Lipinski definition) is 2. The van der Waals surface area contributed by atoms with Gasteiger partial charge in [0.25, 0.3) is 0 Å². The highest BCUT2D eigenvalue weighted by Crippen LogP contribution is 2.62. The van der Waals surface area contributed by atoms with Gasteiger partial charge in [0.15, 0.2) is 0 Å². The third-order valence-corrected chi connectivity index (χ3v) is 9.33. The number of esters is 1. The first kappa shape index (κ1) is 19.3. The molecule has 0 aromatic heterocycles. The number of carbonyl (C=O) groups excluding carboxylic acids is 1. The third-order valence-electron chi connectivity index (χ3n) is 9.33. The van der Waals surface area contributed by atoms with Crippen molar-refractivity contribution < 1.29 is 24.1 Å². The molecule has 1 spiro atoms. The van der Waals surface area contributed by atoms with Crippen LogP contribution in [-0.2, 0) is 14.3 Å². The van der Waals surface area contributed by atoms with Crippen molar-refractivity contribution >= 4 is 11.7 Å². The molecule has 2 N–H and O–H groups in total. The molecular weight excluding hydrogens is 376 g/mol. The van der Waals surface area contributed by atoms with Crippen LogP contribution in [0, 0.1) is 23.2 Å². The standard InChI is InChI=1S/C25H34N2O3/c1-24-8-5-9-25(17-29-25)22(24)14-19-20(23(28)30-21(19)15-24)16-26-10-12-27(13-11-26)18-6-3-2-4-7-18/h2-4,6-7,19-22H,5,8-17H2,1H3/p+2/t19-,20-,21-,22+,24-,25+/m1/s1. The van der Waals surface area contributed by atoms with E-state index in [-0.39, 0.29) is 23.6 Å². The lowest BCUT2D eigenvalue weighted by Gasteiger charge is -2.51. The largest absolute Gasteiger partial charge is 0.462 e. The molecule has 5 nitrogen and oxygen atoms in total. The molecule has 1 aromatic rings. The predicted octanol–water partition coefficient (Wildman–Crippen LogP) is 0.629. The highest BCUT2D eigenvalue weighted by Gasteiger charge is 2.65. The van der Waals surface area contributed by atoms with E-state index in [1.54, 1.807) is 9.80 Å². The van der Waals surface area contributed by atoms with Crippen LogP contribution in [-0.4, -0.2) is 57.0 Å². The van der Waals surface area contributed by atoms with Crippen LogP contribution in [0.5, 0.6) is 0 Å². The Kier molecular flexibility index (Phi) is 4.52. The van der Waals surface area contributed by atoms with E-state index in [9.17, 15) is 4.79 Å². The molecule has 6 atom stereocenters. The number of quaternary nitrogens is 2. The Labute approximate surface area is 179 Å². The van der Waals surface area contributed by atoms with Gasteiger partial charge in [0.2, 0.25) is 0 Å². The van der Waals surface area contributed by atoms with Crippen molar-refractivity contribution in [3.8, 4) is 0 Å². The van der Waals surface area contributed by atoms with E-state index < -0.39 is 0 Å². The van der Waals surface area contributed by atoms with Gasteiger partial charge in [-0.2, -0.15) is 0 Å². The van der Waals surface area contributed by atoms with Gasteiger partial charge in [0, 0.05) is 5.92 Å².